The second kappa shape index (κ2) is 7.67. The summed E-state index contributed by atoms with van der Waals surface area (Å²) in [5, 5.41) is 3.50. The van der Waals surface area contributed by atoms with E-state index < -0.39 is 0 Å². The molecule has 0 unspecified atom stereocenters. The Kier molecular flexibility index (Phi) is 6.52. The van der Waals surface area contributed by atoms with Gasteiger partial charge in [0, 0.05) is 33.1 Å². The average Bonchev–Trinajstić information content (AvgIpc) is 2.31. The summed E-state index contributed by atoms with van der Waals surface area (Å²) in [6.07, 6.45) is 4.30. The molecule has 17 heavy (non-hydrogen) atoms. The molecule has 100 valence electrons. The number of piperidine rings is 1. The summed E-state index contributed by atoms with van der Waals surface area (Å²) in [7, 11) is 3.62. The maximum atomic E-state index is 11.4. The van der Waals surface area contributed by atoms with Crippen molar-refractivity contribution in [3.8, 4) is 0 Å². The van der Waals surface area contributed by atoms with Gasteiger partial charge in [0.1, 0.15) is 0 Å². The van der Waals surface area contributed by atoms with Crippen molar-refractivity contribution in [3.05, 3.63) is 0 Å². The van der Waals surface area contributed by atoms with Gasteiger partial charge >= 0.3 is 0 Å². The second-order valence-corrected chi connectivity index (χ2v) is 5.11. The molecule has 1 rings (SSSR count). The van der Waals surface area contributed by atoms with Crippen LogP contribution < -0.4 is 5.32 Å². The molecule has 0 aromatic rings. The molecule has 0 aliphatic carbocycles. The highest BCUT2D eigenvalue weighted by atomic mass is 16.2. The van der Waals surface area contributed by atoms with Gasteiger partial charge in [0.05, 0.1) is 0 Å². The number of likely N-dealkylation sites (tertiary alicyclic amines) is 1. The van der Waals surface area contributed by atoms with Gasteiger partial charge in [0.25, 0.3) is 0 Å². The summed E-state index contributed by atoms with van der Waals surface area (Å²) in [5.74, 6) is 0.209. The van der Waals surface area contributed by atoms with E-state index in [0.29, 0.717) is 12.5 Å². The van der Waals surface area contributed by atoms with Crippen LogP contribution in [0.4, 0.5) is 0 Å². The van der Waals surface area contributed by atoms with Gasteiger partial charge < -0.3 is 15.1 Å². The Hall–Kier alpha value is -0.610. The number of hydrogen-bond donors (Lipinski definition) is 1. The van der Waals surface area contributed by atoms with Crippen LogP contribution in [-0.4, -0.2) is 62.0 Å². The molecule has 1 fully saturated rings. The Labute approximate surface area is 105 Å². The minimum atomic E-state index is 0.209. The molecule has 0 aromatic heterocycles. The van der Waals surface area contributed by atoms with E-state index in [-0.39, 0.29) is 5.91 Å². The summed E-state index contributed by atoms with van der Waals surface area (Å²) in [6, 6.07) is 0.609. The average molecular weight is 241 g/mol. The van der Waals surface area contributed by atoms with Crippen molar-refractivity contribution >= 4 is 5.91 Å². The van der Waals surface area contributed by atoms with E-state index in [1.165, 1.54) is 38.9 Å². The molecule has 0 radical (unpaired) electrons. The van der Waals surface area contributed by atoms with Crippen molar-refractivity contribution in [2.45, 2.75) is 38.6 Å². The Balaban J connectivity index is 2.08. The van der Waals surface area contributed by atoms with Crippen LogP contribution in [0.3, 0.4) is 0 Å². The highest BCUT2D eigenvalue weighted by Gasteiger charge is 2.17. The van der Waals surface area contributed by atoms with E-state index in [4.69, 9.17) is 0 Å². The lowest BCUT2D eigenvalue weighted by atomic mass is 10.0. The third kappa shape index (κ3) is 5.50. The van der Waals surface area contributed by atoms with Gasteiger partial charge in [-0.05, 0) is 38.9 Å². The molecule has 0 spiro atoms. The number of amides is 1. The van der Waals surface area contributed by atoms with Crippen LogP contribution in [0.5, 0.6) is 0 Å². The van der Waals surface area contributed by atoms with Gasteiger partial charge in [0.2, 0.25) is 5.91 Å². The zero-order valence-electron chi connectivity index (χ0n) is 11.5. The maximum Gasteiger partial charge on any atom is 0.223 e. The molecular weight excluding hydrogens is 214 g/mol. The summed E-state index contributed by atoms with van der Waals surface area (Å²) in [6.45, 7) is 6.68. The van der Waals surface area contributed by atoms with Crippen molar-refractivity contribution in [2.24, 2.45) is 0 Å². The summed E-state index contributed by atoms with van der Waals surface area (Å²) in [5.41, 5.74) is 0. The Morgan fingerprint density at radius 1 is 1.35 bits per heavy atom. The lowest BCUT2D eigenvalue weighted by molar-refractivity contribution is -0.128. The summed E-state index contributed by atoms with van der Waals surface area (Å²) >= 11 is 0. The maximum absolute atomic E-state index is 11.4. The first-order valence-corrected chi connectivity index (χ1v) is 6.79. The van der Waals surface area contributed by atoms with Gasteiger partial charge in [-0.15, -0.1) is 0 Å². The number of carbonyl (C=O) groups is 1. The predicted octanol–water partition coefficient (Wildman–Crippen LogP) is 0.929. The minimum Gasteiger partial charge on any atom is -0.349 e. The van der Waals surface area contributed by atoms with Gasteiger partial charge in [-0.2, -0.15) is 0 Å². The predicted molar refractivity (Wildman–Crippen MR) is 71.1 cm³/mol. The smallest absolute Gasteiger partial charge is 0.223 e. The van der Waals surface area contributed by atoms with Gasteiger partial charge in [-0.1, -0.05) is 6.92 Å². The Morgan fingerprint density at radius 3 is 2.53 bits per heavy atom. The highest BCUT2D eigenvalue weighted by Crippen LogP contribution is 2.10. The van der Waals surface area contributed by atoms with Crippen LogP contribution in [0.25, 0.3) is 0 Å². The molecule has 1 amide bonds. The van der Waals surface area contributed by atoms with Crippen molar-refractivity contribution in [1.82, 2.24) is 15.1 Å². The van der Waals surface area contributed by atoms with E-state index in [9.17, 15) is 4.79 Å². The summed E-state index contributed by atoms with van der Waals surface area (Å²) in [4.78, 5) is 15.6. The molecule has 1 heterocycles. The first-order valence-electron chi connectivity index (χ1n) is 6.79. The zero-order valence-corrected chi connectivity index (χ0v) is 11.5. The van der Waals surface area contributed by atoms with Crippen LogP contribution in [-0.2, 0) is 4.79 Å². The van der Waals surface area contributed by atoms with Crippen LogP contribution in [0.2, 0.25) is 0 Å². The fraction of sp³-hybridized carbons (Fsp3) is 0.923. The largest absolute Gasteiger partial charge is 0.349 e. The Bertz CT molecular complexity index is 223. The summed E-state index contributed by atoms with van der Waals surface area (Å²) < 4.78 is 0. The fourth-order valence-corrected chi connectivity index (χ4v) is 2.28. The molecule has 1 saturated heterocycles. The topological polar surface area (TPSA) is 35.6 Å². The molecule has 1 aliphatic heterocycles. The van der Waals surface area contributed by atoms with Crippen molar-refractivity contribution in [1.29, 1.82) is 0 Å². The SMILES string of the molecule is CCCN1CCC(NCCC(=O)N(C)C)CC1. The van der Waals surface area contributed by atoms with Crippen LogP contribution >= 0.6 is 0 Å². The van der Waals surface area contributed by atoms with Crippen LogP contribution in [0.15, 0.2) is 0 Å². The normalized spacial score (nSPS) is 18.3. The number of nitrogens with zero attached hydrogens (tertiary/aromatic N) is 2. The van der Waals surface area contributed by atoms with E-state index >= 15 is 0 Å². The lowest BCUT2D eigenvalue weighted by Crippen LogP contribution is -2.43. The first kappa shape index (κ1) is 14.5. The second-order valence-electron chi connectivity index (χ2n) is 5.11. The van der Waals surface area contributed by atoms with E-state index in [1.54, 1.807) is 4.90 Å². The number of hydrogen-bond acceptors (Lipinski definition) is 3. The zero-order chi connectivity index (χ0) is 12.7. The third-order valence-corrected chi connectivity index (χ3v) is 3.40. The fourth-order valence-electron chi connectivity index (χ4n) is 2.28. The van der Waals surface area contributed by atoms with E-state index in [1.807, 2.05) is 14.1 Å². The lowest BCUT2D eigenvalue weighted by Gasteiger charge is -2.32. The number of carbonyl (C=O) groups excluding carboxylic acids is 1. The molecule has 0 aromatic carbocycles. The van der Waals surface area contributed by atoms with Gasteiger partial charge in [-0.25, -0.2) is 0 Å². The van der Waals surface area contributed by atoms with E-state index in [2.05, 4.69) is 17.1 Å². The molecule has 1 N–H and O–H groups in total. The highest BCUT2D eigenvalue weighted by molar-refractivity contribution is 5.75. The van der Waals surface area contributed by atoms with Crippen molar-refractivity contribution in [2.75, 3.05) is 40.3 Å². The van der Waals surface area contributed by atoms with Crippen LogP contribution in [0.1, 0.15) is 32.6 Å². The molecule has 0 bridgehead atoms. The number of nitrogens with one attached hydrogen (secondary N) is 1. The van der Waals surface area contributed by atoms with E-state index in [0.717, 1.165) is 6.54 Å². The first-order chi connectivity index (χ1) is 8.13. The van der Waals surface area contributed by atoms with Gasteiger partial charge in [-0.3, -0.25) is 4.79 Å². The molecule has 0 saturated carbocycles. The monoisotopic (exact) mass is 241 g/mol. The van der Waals surface area contributed by atoms with Crippen molar-refractivity contribution in [3.63, 3.8) is 0 Å². The third-order valence-electron chi connectivity index (χ3n) is 3.40. The molecule has 4 heteroatoms. The molecule has 4 nitrogen and oxygen atoms in total. The van der Waals surface area contributed by atoms with Crippen LogP contribution in [0, 0.1) is 0 Å². The molecule has 0 atom stereocenters. The number of rotatable bonds is 6. The minimum absolute atomic E-state index is 0.209. The Morgan fingerprint density at radius 2 is 2.00 bits per heavy atom. The molecule has 1 aliphatic rings. The van der Waals surface area contributed by atoms with Gasteiger partial charge in [0.15, 0.2) is 0 Å². The standard InChI is InChI=1S/C13H27N3O/c1-4-9-16-10-6-12(7-11-16)14-8-5-13(17)15(2)3/h12,14H,4-11H2,1-3H3. The quantitative estimate of drug-likeness (QED) is 0.751. The molecular formula is C13H27N3O. The van der Waals surface area contributed by atoms with Crippen molar-refractivity contribution < 1.29 is 4.79 Å².